The molecule has 3 rings (SSSR count). The first-order valence-electron chi connectivity index (χ1n) is 9.08. The highest BCUT2D eigenvalue weighted by Crippen LogP contribution is 2.26. The molecule has 4 nitrogen and oxygen atoms in total. The number of hydrogen-bond acceptors (Lipinski definition) is 3. The molecule has 0 heterocycles. The largest absolute Gasteiger partial charge is 0.482 e. The Morgan fingerprint density at radius 2 is 1.79 bits per heavy atom. The average molecular weight is 395 g/mol. The van der Waals surface area contributed by atoms with E-state index in [9.17, 15) is 4.79 Å². The maximum absolute atomic E-state index is 12.0. The molecule has 0 unspecified atom stereocenters. The number of hydrogen-bond donors (Lipinski definition) is 2. The minimum absolute atomic E-state index is 0.102. The fourth-order valence-electron chi connectivity index (χ4n) is 2.84. The molecule has 0 aliphatic heterocycles. The van der Waals surface area contributed by atoms with Gasteiger partial charge in [0.05, 0.1) is 5.02 Å². The van der Waals surface area contributed by atoms with Crippen LogP contribution in [-0.4, -0.2) is 12.5 Å². The highest BCUT2D eigenvalue weighted by molar-refractivity contribution is 6.32. The van der Waals surface area contributed by atoms with Crippen molar-refractivity contribution in [3.63, 3.8) is 0 Å². The van der Waals surface area contributed by atoms with Crippen molar-refractivity contribution in [3.8, 4) is 5.75 Å². The molecular formula is C23H23ClN2O2. The van der Waals surface area contributed by atoms with Gasteiger partial charge in [-0.1, -0.05) is 53.6 Å². The fraction of sp³-hybridized carbons (Fsp3) is 0.174. The Morgan fingerprint density at radius 1 is 1.00 bits per heavy atom. The number of carbonyl (C=O) groups excluding carboxylic acids is 1. The number of rotatable bonds is 7. The van der Waals surface area contributed by atoms with Crippen molar-refractivity contribution in [1.82, 2.24) is 0 Å². The second-order valence-corrected chi connectivity index (χ2v) is 7.05. The fourth-order valence-corrected chi connectivity index (χ4v) is 3.10. The van der Waals surface area contributed by atoms with Crippen LogP contribution in [0.1, 0.15) is 16.7 Å². The highest BCUT2D eigenvalue weighted by atomic mass is 35.5. The summed E-state index contributed by atoms with van der Waals surface area (Å²) >= 11 is 6.32. The normalized spacial score (nSPS) is 10.4. The summed E-state index contributed by atoms with van der Waals surface area (Å²) in [5.74, 6) is 0.253. The quantitative estimate of drug-likeness (QED) is 0.549. The zero-order chi connectivity index (χ0) is 19.9. The second kappa shape index (κ2) is 9.29. The molecule has 0 spiro atoms. The summed E-state index contributed by atoms with van der Waals surface area (Å²) in [7, 11) is 0. The van der Waals surface area contributed by atoms with Crippen LogP contribution in [0.25, 0.3) is 0 Å². The standard InChI is InChI=1S/C23H23ClN2O2/c1-16-8-10-21(17(2)12-16)25-14-18-9-11-22(20(24)13-18)28-15-23(27)26-19-6-4-3-5-7-19/h3-13,25H,14-15H2,1-2H3,(H,26,27). The van der Waals surface area contributed by atoms with Crippen LogP contribution in [0.15, 0.2) is 66.7 Å². The van der Waals surface area contributed by atoms with Gasteiger partial charge in [-0.15, -0.1) is 0 Å². The molecule has 28 heavy (non-hydrogen) atoms. The van der Waals surface area contributed by atoms with Crippen LogP contribution < -0.4 is 15.4 Å². The van der Waals surface area contributed by atoms with E-state index in [-0.39, 0.29) is 12.5 Å². The van der Waals surface area contributed by atoms with Crippen molar-refractivity contribution in [1.29, 1.82) is 0 Å². The maximum atomic E-state index is 12.0. The van der Waals surface area contributed by atoms with E-state index >= 15 is 0 Å². The monoisotopic (exact) mass is 394 g/mol. The predicted molar refractivity (Wildman–Crippen MR) is 115 cm³/mol. The molecular weight excluding hydrogens is 372 g/mol. The SMILES string of the molecule is Cc1ccc(NCc2ccc(OCC(=O)Nc3ccccc3)c(Cl)c2)c(C)c1. The molecule has 0 aliphatic carbocycles. The number of carbonyl (C=O) groups is 1. The molecule has 5 heteroatoms. The molecule has 0 fully saturated rings. The van der Waals surface area contributed by atoms with E-state index < -0.39 is 0 Å². The molecule has 0 atom stereocenters. The van der Waals surface area contributed by atoms with Crippen molar-refractivity contribution in [2.45, 2.75) is 20.4 Å². The molecule has 3 aromatic rings. The first kappa shape index (κ1) is 19.8. The number of amides is 1. The van der Waals surface area contributed by atoms with Crippen LogP contribution in [0.4, 0.5) is 11.4 Å². The van der Waals surface area contributed by atoms with Crippen molar-refractivity contribution < 1.29 is 9.53 Å². The molecule has 1 amide bonds. The summed E-state index contributed by atoms with van der Waals surface area (Å²) < 4.78 is 5.56. The van der Waals surface area contributed by atoms with E-state index in [0.717, 1.165) is 16.9 Å². The number of ether oxygens (including phenoxy) is 1. The lowest BCUT2D eigenvalue weighted by molar-refractivity contribution is -0.118. The third-order valence-electron chi connectivity index (χ3n) is 4.28. The smallest absolute Gasteiger partial charge is 0.262 e. The lowest BCUT2D eigenvalue weighted by Gasteiger charge is -2.12. The summed E-state index contributed by atoms with van der Waals surface area (Å²) in [5.41, 5.74) is 5.31. The Morgan fingerprint density at radius 3 is 2.50 bits per heavy atom. The van der Waals surface area contributed by atoms with E-state index in [1.54, 1.807) is 6.07 Å². The molecule has 0 aromatic heterocycles. The third kappa shape index (κ3) is 5.51. The van der Waals surface area contributed by atoms with Gasteiger partial charge in [-0.2, -0.15) is 0 Å². The first-order valence-corrected chi connectivity index (χ1v) is 9.46. The van der Waals surface area contributed by atoms with Gasteiger partial charge in [0, 0.05) is 17.9 Å². The van der Waals surface area contributed by atoms with Gasteiger partial charge in [-0.05, 0) is 55.3 Å². The van der Waals surface area contributed by atoms with Gasteiger partial charge >= 0.3 is 0 Å². The predicted octanol–water partition coefficient (Wildman–Crippen LogP) is 5.59. The third-order valence-corrected chi connectivity index (χ3v) is 4.57. The van der Waals surface area contributed by atoms with Crippen molar-refractivity contribution in [3.05, 3.63) is 88.4 Å². The van der Waals surface area contributed by atoms with E-state index in [1.807, 2.05) is 42.5 Å². The van der Waals surface area contributed by atoms with Crippen LogP contribution in [-0.2, 0) is 11.3 Å². The Kier molecular flexibility index (Phi) is 6.56. The van der Waals surface area contributed by atoms with Crippen LogP contribution in [0, 0.1) is 13.8 Å². The van der Waals surface area contributed by atoms with Crippen LogP contribution in [0.3, 0.4) is 0 Å². The average Bonchev–Trinajstić information content (AvgIpc) is 2.67. The van der Waals surface area contributed by atoms with E-state index in [4.69, 9.17) is 16.3 Å². The summed E-state index contributed by atoms with van der Waals surface area (Å²) in [5, 5.41) is 6.67. The van der Waals surface area contributed by atoms with Crippen molar-refractivity contribution >= 4 is 28.9 Å². The van der Waals surface area contributed by atoms with Gasteiger partial charge in [0.1, 0.15) is 5.75 Å². The number of para-hydroxylation sites is 1. The minimum atomic E-state index is -0.233. The van der Waals surface area contributed by atoms with Gasteiger partial charge in [0.15, 0.2) is 6.61 Å². The van der Waals surface area contributed by atoms with Gasteiger partial charge in [0.25, 0.3) is 5.91 Å². The molecule has 0 saturated carbocycles. The van der Waals surface area contributed by atoms with Gasteiger partial charge in [-0.3, -0.25) is 4.79 Å². The maximum Gasteiger partial charge on any atom is 0.262 e. The first-order chi connectivity index (χ1) is 13.5. The Labute approximate surface area is 170 Å². The Bertz CT molecular complexity index is 958. The molecule has 3 aromatic carbocycles. The number of halogens is 1. The number of nitrogens with one attached hydrogen (secondary N) is 2. The van der Waals surface area contributed by atoms with Crippen LogP contribution >= 0.6 is 11.6 Å². The van der Waals surface area contributed by atoms with Crippen LogP contribution in [0.5, 0.6) is 5.75 Å². The summed E-state index contributed by atoms with van der Waals surface area (Å²) in [4.78, 5) is 12.0. The van der Waals surface area contributed by atoms with Gasteiger partial charge < -0.3 is 15.4 Å². The van der Waals surface area contributed by atoms with E-state index in [1.165, 1.54) is 11.1 Å². The summed E-state index contributed by atoms with van der Waals surface area (Å²) in [6.45, 7) is 4.71. The number of benzene rings is 3. The van der Waals surface area contributed by atoms with Gasteiger partial charge in [0.2, 0.25) is 0 Å². The zero-order valence-corrected chi connectivity index (χ0v) is 16.7. The Hall–Kier alpha value is -2.98. The summed E-state index contributed by atoms with van der Waals surface area (Å²) in [6.07, 6.45) is 0. The zero-order valence-electron chi connectivity index (χ0n) is 16.0. The lowest BCUT2D eigenvalue weighted by Crippen LogP contribution is -2.20. The number of anilines is 2. The molecule has 0 saturated heterocycles. The Balaban J connectivity index is 1.54. The molecule has 2 N–H and O–H groups in total. The topological polar surface area (TPSA) is 50.4 Å². The van der Waals surface area contributed by atoms with Crippen molar-refractivity contribution in [2.24, 2.45) is 0 Å². The van der Waals surface area contributed by atoms with Crippen molar-refractivity contribution in [2.75, 3.05) is 17.2 Å². The second-order valence-electron chi connectivity index (χ2n) is 6.64. The lowest BCUT2D eigenvalue weighted by atomic mass is 10.1. The molecule has 144 valence electrons. The summed E-state index contributed by atoms with van der Waals surface area (Å²) in [6, 6.07) is 21.1. The highest BCUT2D eigenvalue weighted by Gasteiger charge is 2.08. The van der Waals surface area contributed by atoms with Gasteiger partial charge in [-0.25, -0.2) is 0 Å². The molecule has 0 bridgehead atoms. The van der Waals surface area contributed by atoms with E-state index in [0.29, 0.717) is 17.3 Å². The molecule has 0 radical (unpaired) electrons. The minimum Gasteiger partial charge on any atom is -0.482 e. The number of aryl methyl sites for hydroxylation is 2. The van der Waals surface area contributed by atoms with Crippen LogP contribution in [0.2, 0.25) is 5.02 Å². The molecule has 0 aliphatic rings. The van der Waals surface area contributed by atoms with E-state index in [2.05, 4.69) is 42.7 Å².